The molecule has 2 rings (SSSR count). The second-order valence-corrected chi connectivity index (χ2v) is 4.40. The lowest BCUT2D eigenvalue weighted by Gasteiger charge is -2.08. The first-order chi connectivity index (χ1) is 8.56. The fourth-order valence-corrected chi connectivity index (χ4v) is 1.64. The normalized spacial score (nSPS) is 10.4. The third-order valence-electron chi connectivity index (χ3n) is 2.94. The van der Waals surface area contributed by atoms with Gasteiger partial charge in [-0.1, -0.05) is 6.07 Å². The van der Waals surface area contributed by atoms with E-state index in [-0.39, 0.29) is 5.82 Å². The summed E-state index contributed by atoms with van der Waals surface area (Å²) in [5.41, 5.74) is 3.55. The van der Waals surface area contributed by atoms with Crippen LogP contribution in [0.5, 0.6) is 5.75 Å². The van der Waals surface area contributed by atoms with Gasteiger partial charge < -0.3 is 4.74 Å². The van der Waals surface area contributed by atoms with Crippen LogP contribution in [0.15, 0.2) is 30.3 Å². The fourth-order valence-electron chi connectivity index (χ4n) is 1.64. The monoisotopic (exact) mass is 245 g/mol. The van der Waals surface area contributed by atoms with Crippen LogP contribution in [0.3, 0.4) is 0 Å². The zero-order valence-corrected chi connectivity index (χ0v) is 10.8. The minimum Gasteiger partial charge on any atom is -0.487 e. The van der Waals surface area contributed by atoms with Crippen molar-refractivity contribution in [3.63, 3.8) is 0 Å². The molecule has 2 nitrogen and oxygen atoms in total. The SMILES string of the molecule is Cc1ccc(OCc2ccc(F)c(C)n2)cc1C. The van der Waals surface area contributed by atoms with Crippen LogP contribution in [0.25, 0.3) is 0 Å². The minimum atomic E-state index is -0.287. The number of hydrogen-bond donors (Lipinski definition) is 0. The Balaban J connectivity index is 2.06. The summed E-state index contributed by atoms with van der Waals surface area (Å²) < 4.78 is 18.7. The Labute approximate surface area is 106 Å². The predicted octanol–water partition coefficient (Wildman–Crippen LogP) is 3.72. The van der Waals surface area contributed by atoms with Crippen LogP contribution in [0.4, 0.5) is 4.39 Å². The van der Waals surface area contributed by atoms with Crippen molar-refractivity contribution in [1.29, 1.82) is 0 Å². The smallest absolute Gasteiger partial charge is 0.144 e. The van der Waals surface area contributed by atoms with E-state index in [2.05, 4.69) is 11.9 Å². The number of pyridine rings is 1. The van der Waals surface area contributed by atoms with Gasteiger partial charge in [-0.3, -0.25) is 4.98 Å². The van der Waals surface area contributed by atoms with E-state index in [0.29, 0.717) is 12.3 Å². The molecule has 0 amide bonds. The molecule has 0 saturated carbocycles. The summed E-state index contributed by atoms with van der Waals surface area (Å²) in [6, 6.07) is 9.00. The maximum atomic E-state index is 13.1. The third kappa shape index (κ3) is 2.86. The number of rotatable bonds is 3. The molecule has 0 fully saturated rings. The maximum absolute atomic E-state index is 13.1. The molecular formula is C15H16FNO. The standard InChI is InChI=1S/C15H16FNO/c1-10-4-6-14(8-11(10)2)18-9-13-5-7-15(16)12(3)17-13/h4-8H,9H2,1-3H3. The van der Waals surface area contributed by atoms with Crippen molar-refractivity contribution in [3.05, 3.63) is 58.7 Å². The first-order valence-electron chi connectivity index (χ1n) is 5.88. The summed E-state index contributed by atoms with van der Waals surface area (Å²) >= 11 is 0. The Kier molecular flexibility index (Phi) is 3.60. The Morgan fingerprint density at radius 2 is 1.83 bits per heavy atom. The average Bonchev–Trinajstić information content (AvgIpc) is 2.35. The summed E-state index contributed by atoms with van der Waals surface area (Å²) in [5, 5.41) is 0. The average molecular weight is 245 g/mol. The highest BCUT2D eigenvalue weighted by Crippen LogP contribution is 2.17. The van der Waals surface area contributed by atoms with Crippen molar-refractivity contribution in [2.24, 2.45) is 0 Å². The summed E-state index contributed by atoms with van der Waals surface area (Å²) in [6.07, 6.45) is 0. The van der Waals surface area contributed by atoms with Gasteiger partial charge in [0.15, 0.2) is 0 Å². The van der Waals surface area contributed by atoms with E-state index in [1.165, 1.54) is 17.2 Å². The van der Waals surface area contributed by atoms with Crippen molar-refractivity contribution in [1.82, 2.24) is 4.98 Å². The number of ether oxygens (including phenoxy) is 1. The second-order valence-electron chi connectivity index (χ2n) is 4.40. The quantitative estimate of drug-likeness (QED) is 0.822. The molecule has 0 radical (unpaired) electrons. The molecular weight excluding hydrogens is 229 g/mol. The molecule has 0 bridgehead atoms. The Morgan fingerprint density at radius 1 is 1.06 bits per heavy atom. The van der Waals surface area contributed by atoms with Gasteiger partial charge >= 0.3 is 0 Å². The van der Waals surface area contributed by atoms with Crippen LogP contribution in [0.1, 0.15) is 22.5 Å². The molecule has 0 N–H and O–H groups in total. The Hall–Kier alpha value is -1.90. The minimum absolute atomic E-state index is 0.287. The van der Waals surface area contributed by atoms with E-state index < -0.39 is 0 Å². The molecule has 0 saturated heterocycles. The van der Waals surface area contributed by atoms with E-state index in [0.717, 1.165) is 11.4 Å². The Morgan fingerprint density at radius 3 is 2.50 bits per heavy atom. The molecule has 0 aliphatic carbocycles. The lowest BCUT2D eigenvalue weighted by atomic mass is 10.1. The molecule has 18 heavy (non-hydrogen) atoms. The first-order valence-corrected chi connectivity index (χ1v) is 5.88. The molecule has 0 aliphatic rings. The number of halogens is 1. The van der Waals surface area contributed by atoms with Gasteiger partial charge in [-0.25, -0.2) is 4.39 Å². The van der Waals surface area contributed by atoms with Crippen LogP contribution in [-0.4, -0.2) is 4.98 Å². The first kappa shape index (κ1) is 12.6. The predicted molar refractivity (Wildman–Crippen MR) is 69.2 cm³/mol. The van der Waals surface area contributed by atoms with Crippen molar-refractivity contribution in [2.75, 3.05) is 0 Å². The van der Waals surface area contributed by atoms with Crippen molar-refractivity contribution < 1.29 is 9.13 Å². The molecule has 0 unspecified atom stereocenters. The molecule has 1 aromatic heterocycles. The van der Waals surface area contributed by atoms with Crippen LogP contribution < -0.4 is 4.74 Å². The summed E-state index contributed by atoms with van der Waals surface area (Å²) in [7, 11) is 0. The zero-order chi connectivity index (χ0) is 13.1. The topological polar surface area (TPSA) is 22.1 Å². The third-order valence-corrected chi connectivity index (χ3v) is 2.94. The van der Waals surface area contributed by atoms with Gasteiger partial charge in [0, 0.05) is 0 Å². The highest BCUT2D eigenvalue weighted by atomic mass is 19.1. The van der Waals surface area contributed by atoms with Crippen LogP contribution in [-0.2, 0) is 6.61 Å². The lowest BCUT2D eigenvalue weighted by Crippen LogP contribution is -2.01. The van der Waals surface area contributed by atoms with E-state index in [4.69, 9.17) is 4.74 Å². The highest BCUT2D eigenvalue weighted by molar-refractivity contribution is 5.33. The van der Waals surface area contributed by atoms with E-state index >= 15 is 0 Å². The van der Waals surface area contributed by atoms with Crippen LogP contribution in [0.2, 0.25) is 0 Å². The Bertz CT molecular complexity index is 515. The van der Waals surface area contributed by atoms with Crippen LogP contribution in [0, 0.1) is 26.6 Å². The van der Waals surface area contributed by atoms with E-state index in [1.807, 2.05) is 25.1 Å². The van der Waals surface area contributed by atoms with Crippen LogP contribution >= 0.6 is 0 Å². The highest BCUT2D eigenvalue weighted by Gasteiger charge is 2.02. The van der Waals surface area contributed by atoms with E-state index in [1.54, 1.807) is 13.0 Å². The zero-order valence-electron chi connectivity index (χ0n) is 10.8. The number of aryl methyl sites for hydroxylation is 3. The van der Waals surface area contributed by atoms with Gasteiger partial charge in [0.05, 0.1) is 11.4 Å². The fraction of sp³-hybridized carbons (Fsp3) is 0.267. The number of benzene rings is 1. The molecule has 2 aromatic rings. The molecule has 0 atom stereocenters. The van der Waals surface area contributed by atoms with Gasteiger partial charge in [-0.2, -0.15) is 0 Å². The molecule has 0 aliphatic heterocycles. The van der Waals surface area contributed by atoms with Gasteiger partial charge in [0.1, 0.15) is 18.2 Å². The summed E-state index contributed by atoms with van der Waals surface area (Å²) in [4.78, 5) is 4.13. The molecule has 1 heterocycles. The van der Waals surface area contributed by atoms with Crippen molar-refractivity contribution >= 4 is 0 Å². The summed E-state index contributed by atoms with van der Waals surface area (Å²) in [5.74, 6) is 0.520. The number of nitrogens with zero attached hydrogens (tertiary/aromatic N) is 1. The second kappa shape index (κ2) is 5.17. The van der Waals surface area contributed by atoms with Gasteiger partial charge in [-0.05, 0) is 56.2 Å². The van der Waals surface area contributed by atoms with Crippen molar-refractivity contribution in [2.45, 2.75) is 27.4 Å². The largest absolute Gasteiger partial charge is 0.487 e. The van der Waals surface area contributed by atoms with E-state index in [9.17, 15) is 4.39 Å². The molecule has 0 spiro atoms. The summed E-state index contributed by atoms with van der Waals surface area (Å²) in [6.45, 7) is 6.10. The molecule has 3 heteroatoms. The molecule has 94 valence electrons. The van der Waals surface area contributed by atoms with Gasteiger partial charge in [0.25, 0.3) is 0 Å². The molecule has 1 aromatic carbocycles. The maximum Gasteiger partial charge on any atom is 0.144 e. The number of hydrogen-bond acceptors (Lipinski definition) is 2. The van der Waals surface area contributed by atoms with Gasteiger partial charge in [0.2, 0.25) is 0 Å². The van der Waals surface area contributed by atoms with Crippen molar-refractivity contribution in [3.8, 4) is 5.75 Å². The lowest BCUT2D eigenvalue weighted by molar-refractivity contribution is 0.300. The number of aromatic nitrogens is 1. The van der Waals surface area contributed by atoms with Gasteiger partial charge in [-0.15, -0.1) is 0 Å².